The third-order valence-electron chi connectivity index (χ3n) is 3.25. The molecule has 1 aliphatic heterocycles. The van der Waals surface area contributed by atoms with Gasteiger partial charge in [0.25, 0.3) is 5.92 Å². The Kier molecular flexibility index (Phi) is 1.75. The summed E-state index contributed by atoms with van der Waals surface area (Å²) in [6, 6.07) is 3.77. The number of halogens is 2. The second kappa shape index (κ2) is 2.74. The van der Waals surface area contributed by atoms with E-state index in [0.717, 1.165) is 16.0 Å². The molecule has 0 amide bonds. The summed E-state index contributed by atoms with van der Waals surface area (Å²) in [5, 5.41) is 0. The first-order valence-electron chi connectivity index (χ1n) is 4.96. The van der Waals surface area contributed by atoms with Crippen LogP contribution in [0.1, 0.15) is 17.0 Å². The van der Waals surface area contributed by atoms with Gasteiger partial charge < -0.3 is 5.73 Å². The highest BCUT2D eigenvalue weighted by Gasteiger charge is 2.67. The Hall–Kier alpha value is -0.610. The lowest BCUT2D eigenvalue weighted by atomic mass is 10.1. The monoisotopic (exact) mass is 227 g/mol. The molecule has 1 aliphatic carbocycles. The topological polar surface area (TPSA) is 26.0 Å². The van der Waals surface area contributed by atoms with Crippen LogP contribution in [0.15, 0.2) is 21.9 Å². The van der Waals surface area contributed by atoms with Crippen molar-refractivity contribution in [2.24, 2.45) is 11.7 Å². The van der Waals surface area contributed by atoms with Crippen LogP contribution in [-0.4, -0.2) is 12.5 Å². The van der Waals surface area contributed by atoms with Crippen LogP contribution in [0.2, 0.25) is 0 Å². The van der Waals surface area contributed by atoms with Crippen LogP contribution in [-0.2, 0) is 0 Å². The van der Waals surface area contributed by atoms with E-state index in [4.69, 9.17) is 5.73 Å². The number of hydrogen-bond donors (Lipinski definition) is 1. The first kappa shape index (κ1) is 9.60. The summed E-state index contributed by atoms with van der Waals surface area (Å²) in [5.74, 6) is -3.89. The minimum Gasteiger partial charge on any atom is -0.330 e. The quantitative estimate of drug-likeness (QED) is 0.798. The summed E-state index contributed by atoms with van der Waals surface area (Å²) in [5.41, 5.74) is 7.22. The predicted molar refractivity (Wildman–Crippen MR) is 55.5 cm³/mol. The van der Waals surface area contributed by atoms with Gasteiger partial charge in [0.15, 0.2) is 0 Å². The molecule has 3 rings (SSSR count). The summed E-state index contributed by atoms with van der Waals surface area (Å²) in [7, 11) is 0. The Morgan fingerprint density at radius 2 is 2.20 bits per heavy atom. The Morgan fingerprint density at radius 3 is 2.73 bits per heavy atom. The lowest BCUT2D eigenvalue weighted by molar-refractivity contribution is 0.0947. The predicted octanol–water partition coefficient (Wildman–Crippen LogP) is 2.77. The Morgan fingerprint density at radius 1 is 1.47 bits per heavy atom. The van der Waals surface area contributed by atoms with Crippen LogP contribution in [0, 0.1) is 12.8 Å². The van der Waals surface area contributed by atoms with E-state index < -0.39 is 17.8 Å². The van der Waals surface area contributed by atoms with E-state index in [1.807, 2.05) is 19.1 Å². The van der Waals surface area contributed by atoms with Crippen LogP contribution in [0.3, 0.4) is 0 Å². The van der Waals surface area contributed by atoms with Crippen molar-refractivity contribution in [2.75, 3.05) is 6.54 Å². The van der Waals surface area contributed by atoms with Gasteiger partial charge in [-0.3, -0.25) is 0 Å². The minimum absolute atomic E-state index is 0.0704. The molecule has 1 saturated carbocycles. The molecule has 1 fully saturated rings. The maximum absolute atomic E-state index is 13.3. The Labute approximate surface area is 91.0 Å². The molecule has 0 saturated heterocycles. The highest BCUT2D eigenvalue weighted by atomic mass is 32.2. The molecule has 2 N–H and O–H groups in total. The highest BCUT2D eigenvalue weighted by Crippen LogP contribution is 2.63. The Balaban J connectivity index is 1.96. The number of aryl methyl sites for hydroxylation is 1. The van der Waals surface area contributed by atoms with Crippen molar-refractivity contribution in [2.45, 2.75) is 28.6 Å². The van der Waals surface area contributed by atoms with Gasteiger partial charge in [0.1, 0.15) is 0 Å². The van der Waals surface area contributed by atoms with E-state index in [1.54, 1.807) is 11.8 Å². The summed E-state index contributed by atoms with van der Waals surface area (Å²) in [4.78, 5) is 2.41. The van der Waals surface area contributed by atoms with E-state index in [0.29, 0.717) is 0 Å². The lowest BCUT2D eigenvalue weighted by Gasteiger charge is -1.98. The Bertz CT molecular complexity index is 444. The van der Waals surface area contributed by atoms with E-state index in [9.17, 15) is 8.78 Å². The van der Waals surface area contributed by atoms with Crippen molar-refractivity contribution in [1.82, 2.24) is 0 Å². The van der Waals surface area contributed by atoms with Gasteiger partial charge >= 0.3 is 0 Å². The van der Waals surface area contributed by atoms with Gasteiger partial charge in [-0.2, -0.15) is 0 Å². The number of nitrogens with two attached hydrogens (primary N) is 1. The molecule has 4 heteroatoms. The van der Waals surface area contributed by atoms with E-state index in [1.165, 1.54) is 4.90 Å². The first-order chi connectivity index (χ1) is 7.05. The standard InChI is InChI=1S/C11H11F2NS/c1-5-2-6(3-8-10(5)15-8)9-7(4-14)11(9,12)13/h2-3,7,9H,4,14H2,1H3. The molecule has 15 heavy (non-hydrogen) atoms. The minimum atomic E-state index is -2.59. The summed E-state index contributed by atoms with van der Waals surface area (Å²) < 4.78 is 26.7. The van der Waals surface area contributed by atoms with Crippen LogP contribution < -0.4 is 5.73 Å². The van der Waals surface area contributed by atoms with Crippen molar-refractivity contribution in [3.05, 3.63) is 23.3 Å². The molecule has 0 spiro atoms. The van der Waals surface area contributed by atoms with Gasteiger partial charge in [-0.25, -0.2) is 8.78 Å². The van der Waals surface area contributed by atoms with Gasteiger partial charge in [-0.05, 0) is 24.1 Å². The molecule has 0 bridgehead atoms. The molecule has 0 radical (unpaired) electrons. The van der Waals surface area contributed by atoms with Crippen molar-refractivity contribution in [1.29, 1.82) is 0 Å². The van der Waals surface area contributed by atoms with Crippen LogP contribution in [0.25, 0.3) is 0 Å². The number of fused-ring (bicyclic) bond motifs is 1. The van der Waals surface area contributed by atoms with E-state index in [-0.39, 0.29) is 6.54 Å². The third kappa shape index (κ3) is 1.24. The van der Waals surface area contributed by atoms with Crippen LogP contribution >= 0.6 is 11.8 Å². The van der Waals surface area contributed by atoms with Crippen molar-refractivity contribution in [3.63, 3.8) is 0 Å². The van der Waals surface area contributed by atoms with E-state index in [2.05, 4.69) is 0 Å². The second-order valence-corrected chi connectivity index (χ2v) is 5.31. The molecule has 1 aromatic rings. The summed E-state index contributed by atoms with van der Waals surface area (Å²) in [6.07, 6.45) is 0. The molecule has 2 unspecified atom stereocenters. The first-order valence-corrected chi connectivity index (χ1v) is 5.77. The third-order valence-corrected chi connectivity index (χ3v) is 4.33. The van der Waals surface area contributed by atoms with Gasteiger partial charge in [0.05, 0.1) is 5.92 Å². The van der Waals surface area contributed by atoms with Gasteiger partial charge in [0, 0.05) is 22.3 Å². The second-order valence-electron chi connectivity index (χ2n) is 4.26. The fraction of sp³-hybridized carbons (Fsp3) is 0.455. The SMILES string of the molecule is Cc1cc(C2C(CN)C2(F)F)cc2c1S2. The molecule has 80 valence electrons. The maximum Gasteiger partial charge on any atom is 0.260 e. The summed E-state index contributed by atoms with van der Waals surface area (Å²) >= 11 is 1.68. The van der Waals surface area contributed by atoms with Crippen molar-refractivity contribution < 1.29 is 8.78 Å². The fourth-order valence-electron chi connectivity index (χ4n) is 2.28. The molecular weight excluding hydrogens is 216 g/mol. The van der Waals surface area contributed by atoms with Crippen molar-refractivity contribution in [3.8, 4) is 0 Å². The molecular formula is C11H11F2NS. The van der Waals surface area contributed by atoms with Gasteiger partial charge in [-0.1, -0.05) is 17.8 Å². The maximum atomic E-state index is 13.3. The number of rotatable bonds is 2. The van der Waals surface area contributed by atoms with Crippen LogP contribution in [0.5, 0.6) is 0 Å². The highest BCUT2D eigenvalue weighted by molar-refractivity contribution is 8.05. The zero-order chi connectivity index (χ0) is 10.8. The number of benzene rings is 1. The molecule has 1 heterocycles. The zero-order valence-electron chi connectivity index (χ0n) is 8.26. The van der Waals surface area contributed by atoms with Crippen LogP contribution in [0.4, 0.5) is 8.78 Å². The number of hydrogen-bond acceptors (Lipinski definition) is 2. The fourth-order valence-corrected chi connectivity index (χ4v) is 3.08. The molecule has 1 aromatic carbocycles. The molecule has 2 aliphatic rings. The van der Waals surface area contributed by atoms with Gasteiger partial charge in [0.2, 0.25) is 0 Å². The average molecular weight is 227 g/mol. The van der Waals surface area contributed by atoms with Crippen molar-refractivity contribution >= 4 is 11.8 Å². The average Bonchev–Trinajstić information content (AvgIpc) is 3.00. The van der Waals surface area contributed by atoms with Gasteiger partial charge in [-0.15, -0.1) is 0 Å². The number of alkyl halides is 2. The normalized spacial score (nSPS) is 29.9. The molecule has 1 nitrogen and oxygen atoms in total. The zero-order valence-corrected chi connectivity index (χ0v) is 9.07. The largest absolute Gasteiger partial charge is 0.330 e. The molecule has 0 aromatic heterocycles. The molecule has 2 atom stereocenters. The smallest absolute Gasteiger partial charge is 0.260 e. The summed E-state index contributed by atoms with van der Waals surface area (Å²) in [6.45, 7) is 2.04. The van der Waals surface area contributed by atoms with E-state index >= 15 is 0 Å². The lowest BCUT2D eigenvalue weighted by Crippen LogP contribution is -2.06.